The third kappa shape index (κ3) is 3.07. The van der Waals surface area contributed by atoms with Gasteiger partial charge in [0.05, 0.1) is 0 Å². The Hall–Kier alpha value is -0.540. The summed E-state index contributed by atoms with van der Waals surface area (Å²) in [4.78, 5) is 2.50. The number of anilines is 1. The molecule has 2 rings (SSSR count). The van der Waals surface area contributed by atoms with Crippen molar-refractivity contribution in [2.75, 3.05) is 18.0 Å². The number of nitrogens with two attached hydrogens (primary N) is 1. The molecular formula is C15H23BrN2. The summed E-state index contributed by atoms with van der Waals surface area (Å²) in [6.45, 7) is 6.69. The van der Waals surface area contributed by atoms with Gasteiger partial charge < -0.3 is 10.6 Å². The highest BCUT2D eigenvalue weighted by Gasteiger charge is 2.22. The molecule has 0 spiro atoms. The van der Waals surface area contributed by atoms with Crippen LogP contribution in [0.3, 0.4) is 0 Å². The second kappa shape index (κ2) is 6.07. The average molecular weight is 311 g/mol. The normalized spacial score (nSPS) is 21.3. The molecule has 2 nitrogen and oxygen atoms in total. The van der Waals surface area contributed by atoms with E-state index in [0.717, 1.165) is 10.4 Å². The van der Waals surface area contributed by atoms with Gasteiger partial charge in [-0.05, 0) is 43.4 Å². The molecule has 1 fully saturated rings. The van der Waals surface area contributed by atoms with Crippen LogP contribution in [0.1, 0.15) is 44.7 Å². The Labute approximate surface area is 119 Å². The minimum absolute atomic E-state index is 0.0832. The van der Waals surface area contributed by atoms with Gasteiger partial charge in [0.1, 0.15) is 0 Å². The van der Waals surface area contributed by atoms with E-state index in [1.54, 1.807) is 0 Å². The molecule has 1 saturated heterocycles. The molecule has 0 saturated carbocycles. The van der Waals surface area contributed by atoms with Crippen molar-refractivity contribution < 1.29 is 0 Å². The molecule has 0 amide bonds. The second-order valence-electron chi connectivity index (χ2n) is 5.38. The molecular weight excluding hydrogens is 288 g/mol. The van der Waals surface area contributed by atoms with Crippen LogP contribution < -0.4 is 10.6 Å². The Morgan fingerprint density at radius 2 is 2.28 bits per heavy atom. The van der Waals surface area contributed by atoms with Crippen molar-refractivity contribution in [2.24, 2.45) is 11.7 Å². The molecule has 18 heavy (non-hydrogen) atoms. The van der Waals surface area contributed by atoms with Crippen molar-refractivity contribution in [3.63, 3.8) is 0 Å². The van der Waals surface area contributed by atoms with Gasteiger partial charge in [-0.15, -0.1) is 0 Å². The lowest BCUT2D eigenvalue weighted by atomic mass is 10.0. The summed E-state index contributed by atoms with van der Waals surface area (Å²) >= 11 is 3.63. The van der Waals surface area contributed by atoms with E-state index in [2.05, 4.69) is 46.0 Å². The van der Waals surface area contributed by atoms with Crippen molar-refractivity contribution in [1.29, 1.82) is 0 Å². The largest absolute Gasteiger partial charge is 0.371 e. The minimum atomic E-state index is 0.0832. The van der Waals surface area contributed by atoms with E-state index in [0.29, 0.717) is 0 Å². The predicted octanol–water partition coefficient (Wildman–Crippen LogP) is 4.10. The fourth-order valence-corrected chi connectivity index (χ4v) is 3.52. The summed E-state index contributed by atoms with van der Waals surface area (Å²) in [5, 5.41) is 0. The fourth-order valence-electron chi connectivity index (χ4n) is 2.79. The molecule has 2 N–H and O–H groups in total. The molecule has 1 aromatic rings. The molecule has 1 heterocycles. The van der Waals surface area contributed by atoms with E-state index in [4.69, 9.17) is 5.73 Å². The van der Waals surface area contributed by atoms with Gasteiger partial charge in [-0.2, -0.15) is 0 Å². The quantitative estimate of drug-likeness (QED) is 0.907. The molecule has 1 aliphatic heterocycles. The first kappa shape index (κ1) is 13.9. The maximum Gasteiger partial charge on any atom is 0.0377 e. The van der Waals surface area contributed by atoms with Crippen molar-refractivity contribution in [3.8, 4) is 0 Å². The van der Waals surface area contributed by atoms with E-state index >= 15 is 0 Å². The van der Waals surface area contributed by atoms with Crippen molar-refractivity contribution in [3.05, 3.63) is 28.2 Å². The SMILES string of the molecule is CCCC1CCN(c2ccc([C@@H](C)N)c(Br)c2)C1. The smallest absolute Gasteiger partial charge is 0.0377 e. The Morgan fingerprint density at radius 3 is 2.89 bits per heavy atom. The first-order chi connectivity index (χ1) is 8.61. The van der Waals surface area contributed by atoms with Gasteiger partial charge in [0.25, 0.3) is 0 Å². The average Bonchev–Trinajstić information content (AvgIpc) is 2.77. The summed E-state index contributed by atoms with van der Waals surface area (Å²) in [7, 11) is 0. The van der Waals surface area contributed by atoms with Gasteiger partial charge in [0.2, 0.25) is 0 Å². The first-order valence-electron chi connectivity index (χ1n) is 6.91. The summed E-state index contributed by atoms with van der Waals surface area (Å²) in [6, 6.07) is 6.65. The van der Waals surface area contributed by atoms with Gasteiger partial charge in [-0.3, -0.25) is 0 Å². The fraction of sp³-hybridized carbons (Fsp3) is 0.600. The van der Waals surface area contributed by atoms with Crippen LogP contribution in [0, 0.1) is 5.92 Å². The van der Waals surface area contributed by atoms with Crippen molar-refractivity contribution in [1.82, 2.24) is 0 Å². The number of hydrogen-bond donors (Lipinski definition) is 1. The second-order valence-corrected chi connectivity index (χ2v) is 6.24. The van der Waals surface area contributed by atoms with E-state index in [1.807, 2.05) is 6.92 Å². The number of halogens is 1. The lowest BCUT2D eigenvalue weighted by molar-refractivity contribution is 0.530. The summed E-state index contributed by atoms with van der Waals surface area (Å²) < 4.78 is 1.13. The van der Waals surface area contributed by atoms with Crippen molar-refractivity contribution >= 4 is 21.6 Å². The van der Waals surface area contributed by atoms with Gasteiger partial charge in [0.15, 0.2) is 0 Å². The maximum absolute atomic E-state index is 5.94. The van der Waals surface area contributed by atoms with Crippen LogP contribution in [0.5, 0.6) is 0 Å². The van der Waals surface area contributed by atoms with Crippen LogP contribution in [0.4, 0.5) is 5.69 Å². The van der Waals surface area contributed by atoms with Crippen LogP contribution in [0.15, 0.2) is 22.7 Å². The Balaban J connectivity index is 2.09. The third-order valence-corrected chi connectivity index (χ3v) is 4.51. The molecule has 0 radical (unpaired) electrons. The van der Waals surface area contributed by atoms with Crippen LogP contribution in [0.25, 0.3) is 0 Å². The van der Waals surface area contributed by atoms with E-state index in [-0.39, 0.29) is 6.04 Å². The highest BCUT2D eigenvalue weighted by atomic mass is 79.9. The first-order valence-corrected chi connectivity index (χ1v) is 7.71. The Morgan fingerprint density at radius 1 is 1.50 bits per heavy atom. The van der Waals surface area contributed by atoms with Gasteiger partial charge in [-0.25, -0.2) is 0 Å². The standard InChI is InChI=1S/C15H23BrN2/c1-3-4-12-7-8-18(10-12)13-5-6-14(11(2)17)15(16)9-13/h5-6,9,11-12H,3-4,7-8,10,17H2,1-2H3/t11-,12?/m1/s1. The predicted molar refractivity (Wildman–Crippen MR) is 82.0 cm³/mol. The molecule has 1 unspecified atom stereocenters. The van der Waals surface area contributed by atoms with Crippen LogP contribution >= 0.6 is 15.9 Å². The number of nitrogens with zero attached hydrogens (tertiary/aromatic N) is 1. The lowest BCUT2D eigenvalue weighted by Crippen LogP contribution is -2.19. The van der Waals surface area contributed by atoms with Gasteiger partial charge in [0, 0.05) is 29.3 Å². The summed E-state index contributed by atoms with van der Waals surface area (Å²) in [5.41, 5.74) is 8.44. The zero-order valence-corrected chi connectivity index (χ0v) is 12.9. The lowest BCUT2D eigenvalue weighted by Gasteiger charge is -2.20. The monoisotopic (exact) mass is 310 g/mol. The minimum Gasteiger partial charge on any atom is -0.371 e. The van der Waals surface area contributed by atoms with E-state index in [1.165, 1.54) is 43.6 Å². The molecule has 1 aliphatic rings. The molecule has 100 valence electrons. The maximum atomic E-state index is 5.94. The molecule has 2 atom stereocenters. The highest BCUT2D eigenvalue weighted by Crippen LogP contribution is 2.31. The van der Waals surface area contributed by atoms with Crippen LogP contribution in [-0.4, -0.2) is 13.1 Å². The molecule has 0 aromatic heterocycles. The van der Waals surface area contributed by atoms with E-state index < -0.39 is 0 Å². The topological polar surface area (TPSA) is 29.3 Å². The zero-order valence-electron chi connectivity index (χ0n) is 11.3. The zero-order chi connectivity index (χ0) is 13.1. The molecule has 0 bridgehead atoms. The summed E-state index contributed by atoms with van der Waals surface area (Å²) in [6.07, 6.45) is 3.99. The van der Waals surface area contributed by atoms with Crippen LogP contribution in [0.2, 0.25) is 0 Å². The molecule has 3 heteroatoms. The Bertz CT molecular complexity index is 403. The third-order valence-electron chi connectivity index (χ3n) is 3.82. The molecule has 0 aliphatic carbocycles. The number of benzene rings is 1. The van der Waals surface area contributed by atoms with Crippen LogP contribution in [-0.2, 0) is 0 Å². The Kier molecular flexibility index (Phi) is 4.68. The van der Waals surface area contributed by atoms with Crippen molar-refractivity contribution in [2.45, 2.75) is 39.2 Å². The molecule has 1 aromatic carbocycles. The summed E-state index contributed by atoms with van der Waals surface area (Å²) in [5.74, 6) is 0.877. The van der Waals surface area contributed by atoms with Gasteiger partial charge >= 0.3 is 0 Å². The number of rotatable bonds is 4. The number of hydrogen-bond acceptors (Lipinski definition) is 2. The van der Waals surface area contributed by atoms with E-state index in [9.17, 15) is 0 Å². The highest BCUT2D eigenvalue weighted by molar-refractivity contribution is 9.10. The van der Waals surface area contributed by atoms with Gasteiger partial charge in [-0.1, -0.05) is 35.3 Å².